The Kier molecular flexibility index (Phi) is 4.36. The van der Waals surface area contributed by atoms with E-state index in [0.717, 1.165) is 17.1 Å². The molecule has 0 amide bonds. The lowest BCUT2D eigenvalue weighted by molar-refractivity contribution is 1.07. The second-order valence-corrected chi connectivity index (χ2v) is 8.17. The van der Waals surface area contributed by atoms with Gasteiger partial charge >= 0.3 is 0 Å². The van der Waals surface area contributed by atoms with Gasteiger partial charge < -0.3 is 0 Å². The molecule has 0 bridgehead atoms. The molecule has 2 aromatic heterocycles. The highest BCUT2D eigenvalue weighted by Crippen LogP contribution is 2.34. The Morgan fingerprint density at radius 3 is 1.81 bits per heavy atom. The van der Waals surface area contributed by atoms with Crippen LogP contribution in [0.2, 0.25) is 0 Å². The SMILES string of the molecule is Cc1cc(-c2ccccc2-c2ccccc2)nc(-n2c3ccccc3c3ccccc32)c1. The predicted molar refractivity (Wildman–Crippen MR) is 134 cm³/mol. The van der Waals surface area contributed by atoms with Crippen LogP contribution in [0.25, 0.3) is 50.0 Å². The molecule has 2 nitrogen and oxygen atoms in total. The minimum atomic E-state index is 0.945. The maximum atomic E-state index is 5.20. The lowest BCUT2D eigenvalue weighted by Crippen LogP contribution is -2.00. The summed E-state index contributed by atoms with van der Waals surface area (Å²) in [5.74, 6) is 0.945. The fourth-order valence-corrected chi connectivity index (χ4v) is 4.65. The Hall–Kier alpha value is -4.17. The van der Waals surface area contributed by atoms with Gasteiger partial charge in [-0.15, -0.1) is 0 Å². The van der Waals surface area contributed by atoms with Crippen molar-refractivity contribution in [2.75, 3.05) is 0 Å². The summed E-state index contributed by atoms with van der Waals surface area (Å²) >= 11 is 0. The number of aryl methyl sites for hydroxylation is 1. The van der Waals surface area contributed by atoms with Gasteiger partial charge in [0.1, 0.15) is 5.82 Å². The van der Waals surface area contributed by atoms with Gasteiger partial charge in [0.05, 0.1) is 16.7 Å². The van der Waals surface area contributed by atoms with Crippen LogP contribution >= 0.6 is 0 Å². The molecule has 0 unspecified atom stereocenters. The van der Waals surface area contributed by atoms with Gasteiger partial charge in [0.15, 0.2) is 0 Å². The second kappa shape index (κ2) is 7.51. The number of para-hydroxylation sites is 2. The van der Waals surface area contributed by atoms with E-state index >= 15 is 0 Å². The number of benzene rings is 4. The molecule has 4 aromatic carbocycles. The van der Waals surface area contributed by atoms with Crippen molar-refractivity contribution in [2.24, 2.45) is 0 Å². The summed E-state index contributed by atoms with van der Waals surface area (Å²) in [7, 11) is 0. The third-order valence-corrected chi connectivity index (χ3v) is 6.05. The van der Waals surface area contributed by atoms with Crippen LogP contribution in [0.5, 0.6) is 0 Å². The summed E-state index contributed by atoms with van der Waals surface area (Å²) in [5, 5.41) is 2.50. The number of pyridine rings is 1. The zero-order valence-corrected chi connectivity index (χ0v) is 17.9. The highest BCUT2D eigenvalue weighted by molar-refractivity contribution is 6.09. The van der Waals surface area contributed by atoms with Crippen molar-refractivity contribution in [1.82, 2.24) is 9.55 Å². The van der Waals surface area contributed by atoms with Crippen LogP contribution in [0.1, 0.15) is 5.56 Å². The van der Waals surface area contributed by atoms with E-state index in [1.165, 1.54) is 38.5 Å². The molecule has 0 radical (unpaired) electrons. The maximum absolute atomic E-state index is 5.20. The van der Waals surface area contributed by atoms with Gasteiger partial charge in [0.2, 0.25) is 0 Å². The summed E-state index contributed by atoms with van der Waals surface area (Å²) in [6.07, 6.45) is 0. The average Bonchev–Trinajstić information content (AvgIpc) is 3.19. The second-order valence-electron chi connectivity index (χ2n) is 8.17. The molecular weight excluding hydrogens is 388 g/mol. The third kappa shape index (κ3) is 3.00. The summed E-state index contributed by atoms with van der Waals surface area (Å²) in [5.41, 5.74) is 8.06. The molecule has 0 saturated carbocycles. The van der Waals surface area contributed by atoms with Gasteiger partial charge in [-0.25, -0.2) is 4.98 Å². The van der Waals surface area contributed by atoms with E-state index in [1.54, 1.807) is 0 Å². The van der Waals surface area contributed by atoms with E-state index in [4.69, 9.17) is 4.98 Å². The Bertz CT molecular complexity index is 1520. The van der Waals surface area contributed by atoms with Crippen molar-refractivity contribution in [2.45, 2.75) is 6.92 Å². The first-order valence-electron chi connectivity index (χ1n) is 10.9. The number of fused-ring (bicyclic) bond motifs is 3. The Morgan fingerprint density at radius 1 is 0.562 bits per heavy atom. The molecule has 0 saturated heterocycles. The van der Waals surface area contributed by atoms with E-state index in [1.807, 2.05) is 0 Å². The van der Waals surface area contributed by atoms with Crippen molar-refractivity contribution in [3.63, 3.8) is 0 Å². The molecule has 0 fully saturated rings. The van der Waals surface area contributed by atoms with Crippen LogP contribution in [-0.2, 0) is 0 Å². The minimum absolute atomic E-state index is 0.945. The van der Waals surface area contributed by atoms with Crippen LogP contribution in [0, 0.1) is 6.92 Å². The maximum Gasteiger partial charge on any atom is 0.138 e. The lowest BCUT2D eigenvalue weighted by atomic mass is 9.97. The molecule has 0 spiro atoms. The lowest BCUT2D eigenvalue weighted by Gasteiger charge is -2.13. The molecule has 0 aliphatic heterocycles. The monoisotopic (exact) mass is 410 g/mol. The highest BCUT2D eigenvalue weighted by Gasteiger charge is 2.15. The van der Waals surface area contributed by atoms with E-state index in [2.05, 4.69) is 127 Å². The Labute approximate surface area is 187 Å². The van der Waals surface area contributed by atoms with Crippen molar-refractivity contribution in [1.29, 1.82) is 0 Å². The van der Waals surface area contributed by atoms with Crippen molar-refractivity contribution >= 4 is 21.8 Å². The molecule has 32 heavy (non-hydrogen) atoms. The van der Waals surface area contributed by atoms with E-state index in [0.29, 0.717) is 0 Å². The molecule has 0 atom stereocenters. The van der Waals surface area contributed by atoms with E-state index < -0.39 is 0 Å². The molecule has 2 heterocycles. The molecule has 6 rings (SSSR count). The molecule has 152 valence electrons. The number of hydrogen-bond donors (Lipinski definition) is 0. The van der Waals surface area contributed by atoms with Gasteiger partial charge in [0, 0.05) is 16.3 Å². The normalized spacial score (nSPS) is 11.3. The molecule has 0 N–H and O–H groups in total. The topological polar surface area (TPSA) is 17.8 Å². The fourth-order valence-electron chi connectivity index (χ4n) is 4.65. The molecular formula is C30H22N2. The number of rotatable bonds is 3. The number of aromatic nitrogens is 2. The average molecular weight is 411 g/mol. The van der Waals surface area contributed by atoms with Crippen LogP contribution in [0.15, 0.2) is 115 Å². The molecule has 0 aliphatic rings. The zero-order valence-electron chi connectivity index (χ0n) is 17.9. The van der Waals surface area contributed by atoms with Gasteiger partial charge in [-0.2, -0.15) is 0 Å². The van der Waals surface area contributed by atoms with Gasteiger partial charge in [0.25, 0.3) is 0 Å². The Balaban J connectivity index is 1.62. The Morgan fingerprint density at radius 2 is 1.12 bits per heavy atom. The van der Waals surface area contributed by atoms with Crippen LogP contribution < -0.4 is 0 Å². The number of nitrogens with zero attached hydrogens (tertiary/aromatic N) is 2. The summed E-state index contributed by atoms with van der Waals surface area (Å²) in [6.45, 7) is 2.15. The summed E-state index contributed by atoms with van der Waals surface area (Å²) < 4.78 is 2.28. The van der Waals surface area contributed by atoms with E-state index in [-0.39, 0.29) is 0 Å². The molecule has 6 aromatic rings. The quantitative estimate of drug-likeness (QED) is 0.291. The number of hydrogen-bond acceptors (Lipinski definition) is 1. The third-order valence-electron chi connectivity index (χ3n) is 6.05. The molecule has 0 aliphatic carbocycles. The van der Waals surface area contributed by atoms with Gasteiger partial charge in [-0.1, -0.05) is 91.0 Å². The predicted octanol–water partition coefficient (Wildman–Crippen LogP) is 7.82. The smallest absolute Gasteiger partial charge is 0.138 e. The highest BCUT2D eigenvalue weighted by atomic mass is 15.1. The van der Waals surface area contributed by atoms with Gasteiger partial charge in [-0.3, -0.25) is 4.57 Å². The zero-order chi connectivity index (χ0) is 21.5. The first-order chi connectivity index (χ1) is 15.8. The standard InChI is InChI=1S/C30H22N2/c1-21-19-27(24-14-6-5-13-23(24)22-11-3-2-4-12-22)31-30(20-21)32-28-17-9-7-15-25(28)26-16-8-10-18-29(26)32/h2-20H,1H3. The summed E-state index contributed by atoms with van der Waals surface area (Å²) in [4.78, 5) is 5.20. The fraction of sp³-hybridized carbons (Fsp3) is 0.0333. The van der Waals surface area contributed by atoms with Crippen molar-refractivity contribution < 1.29 is 0 Å². The first-order valence-corrected chi connectivity index (χ1v) is 10.9. The van der Waals surface area contributed by atoms with Crippen LogP contribution in [0.4, 0.5) is 0 Å². The molecule has 2 heteroatoms. The van der Waals surface area contributed by atoms with Crippen molar-refractivity contribution in [3.05, 3.63) is 121 Å². The van der Waals surface area contributed by atoms with Gasteiger partial charge in [-0.05, 0) is 47.9 Å². The van der Waals surface area contributed by atoms with Crippen LogP contribution in [-0.4, -0.2) is 9.55 Å². The van der Waals surface area contributed by atoms with Crippen molar-refractivity contribution in [3.8, 4) is 28.2 Å². The van der Waals surface area contributed by atoms with E-state index in [9.17, 15) is 0 Å². The van der Waals surface area contributed by atoms with Crippen LogP contribution in [0.3, 0.4) is 0 Å². The summed E-state index contributed by atoms with van der Waals surface area (Å²) in [6, 6.07) is 40.5. The largest absolute Gasteiger partial charge is 0.294 e. The first kappa shape index (κ1) is 18.6. The minimum Gasteiger partial charge on any atom is -0.294 e.